The van der Waals surface area contributed by atoms with Crippen LogP contribution in [0.4, 0.5) is 0 Å². The van der Waals surface area contributed by atoms with Crippen molar-refractivity contribution >= 4 is 15.2 Å². The summed E-state index contributed by atoms with van der Waals surface area (Å²) in [4.78, 5) is 33.3. The molecule has 66 valence electrons. The van der Waals surface area contributed by atoms with Crippen LogP contribution in [0.5, 0.6) is 0 Å². The molecule has 1 heterocycles. The quantitative estimate of drug-likeness (QED) is 0.336. The monoisotopic (exact) mass is 204 g/mol. The molecule has 4 N–H and O–H groups in total. The lowest BCUT2D eigenvalue weighted by Crippen LogP contribution is -1.95. The van der Waals surface area contributed by atoms with Crippen molar-refractivity contribution in [1.82, 2.24) is 0 Å². The van der Waals surface area contributed by atoms with Gasteiger partial charge in [-0.3, -0.25) is 9.13 Å². The van der Waals surface area contributed by atoms with Crippen molar-refractivity contribution in [3.05, 3.63) is 0 Å². The van der Waals surface area contributed by atoms with Gasteiger partial charge in [-0.2, -0.15) is 0 Å². The first-order valence-corrected chi connectivity index (χ1v) is 5.85. The fraction of sp³-hybridized carbons (Fsp3) is 1.00. The Morgan fingerprint density at radius 1 is 0.909 bits per heavy atom. The molecular formula is C2H6O7P2. The number of rotatable bonds is 2. The summed E-state index contributed by atoms with van der Waals surface area (Å²) in [5.41, 5.74) is 0. The minimum absolute atomic E-state index is 1.62. The second-order valence-electron chi connectivity index (χ2n) is 2.10. The predicted molar refractivity (Wildman–Crippen MR) is 32.7 cm³/mol. The van der Waals surface area contributed by atoms with Gasteiger partial charge >= 0.3 is 15.2 Å². The predicted octanol–water partition coefficient (Wildman–Crippen LogP) is -0.976. The van der Waals surface area contributed by atoms with Gasteiger partial charge in [0, 0.05) is 0 Å². The van der Waals surface area contributed by atoms with Crippen LogP contribution in [-0.4, -0.2) is 31.3 Å². The third-order valence-corrected chi connectivity index (χ3v) is 3.46. The van der Waals surface area contributed by atoms with E-state index in [-0.39, 0.29) is 0 Å². The summed E-state index contributed by atoms with van der Waals surface area (Å²) in [5.74, 6) is -3.24. The van der Waals surface area contributed by atoms with Gasteiger partial charge in [-0.15, -0.1) is 0 Å². The van der Waals surface area contributed by atoms with Gasteiger partial charge in [0.2, 0.25) is 0 Å². The van der Waals surface area contributed by atoms with E-state index in [2.05, 4.69) is 4.74 Å². The van der Waals surface area contributed by atoms with Crippen molar-refractivity contribution in [2.75, 3.05) is 0 Å². The summed E-state index contributed by atoms with van der Waals surface area (Å²) in [6, 6.07) is 0. The molecule has 11 heavy (non-hydrogen) atoms. The molecule has 0 aromatic rings. The van der Waals surface area contributed by atoms with E-state index in [0.717, 1.165) is 0 Å². The van der Waals surface area contributed by atoms with E-state index in [1.165, 1.54) is 0 Å². The van der Waals surface area contributed by atoms with Crippen LogP contribution in [0.2, 0.25) is 0 Å². The molecule has 1 aliphatic heterocycles. The van der Waals surface area contributed by atoms with Gasteiger partial charge in [-0.1, -0.05) is 0 Å². The topological polar surface area (TPSA) is 128 Å². The summed E-state index contributed by atoms with van der Waals surface area (Å²) in [7, 11) is -8.99. The first kappa shape index (κ1) is 9.35. The smallest absolute Gasteiger partial charge is 0.343 e. The van der Waals surface area contributed by atoms with Crippen LogP contribution in [-0.2, 0) is 13.9 Å². The minimum atomic E-state index is -4.49. The van der Waals surface area contributed by atoms with Crippen molar-refractivity contribution in [1.29, 1.82) is 0 Å². The Morgan fingerprint density at radius 2 is 1.18 bits per heavy atom. The zero-order valence-corrected chi connectivity index (χ0v) is 6.85. The number of hydrogen-bond donors (Lipinski definition) is 4. The third-order valence-electron chi connectivity index (χ3n) is 1.11. The van der Waals surface area contributed by atoms with Gasteiger partial charge in [-0.05, 0) is 0 Å². The van der Waals surface area contributed by atoms with E-state index >= 15 is 0 Å². The molecule has 9 heteroatoms. The Balaban J connectivity index is 2.65. The Morgan fingerprint density at radius 3 is 1.27 bits per heavy atom. The van der Waals surface area contributed by atoms with Crippen molar-refractivity contribution in [3.8, 4) is 0 Å². The largest absolute Gasteiger partial charge is 0.357 e. The summed E-state index contributed by atoms with van der Waals surface area (Å²) in [6.45, 7) is 0. The lowest BCUT2D eigenvalue weighted by Gasteiger charge is -1.98. The molecule has 2 atom stereocenters. The molecule has 0 radical (unpaired) electrons. The SMILES string of the molecule is O=P(O)(O)C1OC1P(=O)(O)O. The first-order chi connectivity index (χ1) is 4.73. The highest BCUT2D eigenvalue weighted by Gasteiger charge is 2.60. The lowest BCUT2D eigenvalue weighted by molar-refractivity contribution is 0.323. The molecule has 1 saturated heterocycles. The molecule has 0 saturated carbocycles. The third kappa shape index (κ3) is 2.10. The average Bonchev–Trinajstić information content (AvgIpc) is 2.30. The molecule has 2 unspecified atom stereocenters. The van der Waals surface area contributed by atoms with Gasteiger partial charge < -0.3 is 24.3 Å². The molecule has 1 rings (SSSR count). The summed E-state index contributed by atoms with van der Waals surface area (Å²) in [6.07, 6.45) is 0. The highest BCUT2D eigenvalue weighted by Crippen LogP contribution is 2.64. The highest BCUT2D eigenvalue weighted by molar-refractivity contribution is 7.57. The summed E-state index contributed by atoms with van der Waals surface area (Å²) in [5, 5.41) is 0. The fourth-order valence-electron chi connectivity index (χ4n) is 0.588. The molecule has 0 spiro atoms. The van der Waals surface area contributed by atoms with Crippen molar-refractivity contribution in [3.63, 3.8) is 0 Å². The number of epoxide rings is 1. The van der Waals surface area contributed by atoms with Crippen LogP contribution < -0.4 is 0 Å². The maximum atomic E-state index is 10.3. The molecule has 1 fully saturated rings. The molecular weight excluding hydrogens is 198 g/mol. The normalized spacial score (nSPS) is 32.0. The summed E-state index contributed by atoms with van der Waals surface area (Å²) >= 11 is 0. The molecule has 0 amide bonds. The Hall–Kier alpha value is 0.260. The Bertz CT molecular complexity index is 221. The van der Waals surface area contributed by atoms with Gasteiger partial charge in [0.25, 0.3) is 0 Å². The van der Waals surface area contributed by atoms with Crippen molar-refractivity contribution < 1.29 is 33.4 Å². The molecule has 0 aromatic carbocycles. The van der Waals surface area contributed by atoms with E-state index in [4.69, 9.17) is 19.6 Å². The van der Waals surface area contributed by atoms with Gasteiger partial charge in [0.05, 0.1) is 0 Å². The second kappa shape index (κ2) is 2.37. The Kier molecular flexibility index (Phi) is 2.02. The van der Waals surface area contributed by atoms with Crippen LogP contribution in [0.1, 0.15) is 0 Å². The second-order valence-corrected chi connectivity index (χ2v) is 5.47. The fourth-order valence-corrected chi connectivity index (χ4v) is 2.97. The molecule has 0 aromatic heterocycles. The van der Waals surface area contributed by atoms with Crippen LogP contribution in [0.25, 0.3) is 0 Å². The van der Waals surface area contributed by atoms with Crippen molar-refractivity contribution in [2.24, 2.45) is 0 Å². The molecule has 7 nitrogen and oxygen atoms in total. The van der Waals surface area contributed by atoms with Crippen LogP contribution >= 0.6 is 15.2 Å². The van der Waals surface area contributed by atoms with Gasteiger partial charge in [-0.25, -0.2) is 0 Å². The minimum Gasteiger partial charge on any atom is -0.343 e. The maximum absolute atomic E-state index is 10.3. The highest BCUT2D eigenvalue weighted by atomic mass is 31.2. The molecule has 0 bridgehead atoms. The maximum Gasteiger partial charge on any atom is 0.357 e. The number of hydrogen-bond acceptors (Lipinski definition) is 3. The standard InChI is InChI=1S/C2H6O7P2/c3-10(4,5)1-2(9-1)11(6,7)8/h1-2H,(H2,3,4,5)(H2,6,7,8). The van der Waals surface area contributed by atoms with Crippen LogP contribution in [0.3, 0.4) is 0 Å². The average molecular weight is 204 g/mol. The number of ether oxygens (including phenoxy) is 1. The van der Waals surface area contributed by atoms with Gasteiger partial charge in [0.1, 0.15) is 0 Å². The van der Waals surface area contributed by atoms with E-state index in [1.807, 2.05) is 0 Å². The first-order valence-electron chi connectivity index (χ1n) is 2.49. The van der Waals surface area contributed by atoms with E-state index in [1.54, 1.807) is 0 Å². The summed E-state index contributed by atoms with van der Waals surface area (Å²) < 4.78 is 24.7. The zero-order chi connectivity index (χ0) is 8.86. The van der Waals surface area contributed by atoms with E-state index in [0.29, 0.717) is 0 Å². The van der Waals surface area contributed by atoms with Gasteiger partial charge in [0.15, 0.2) is 11.7 Å². The molecule has 1 aliphatic rings. The van der Waals surface area contributed by atoms with Crippen LogP contribution in [0.15, 0.2) is 0 Å². The van der Waals surface area contributed by atoms with Crippen molar-refractivity contribution in [2.45, 2.75) is 11.7 Å². The van der Waals surface area contributed by atoms with Crippen LogP contribution in [0, 0.1) is 0 Å². The van der Waals surface area contributed by atoms with E-state index in [9.17, 15) is 9.13 Å². The molecule has 0 aliphatic carbocycles. The Labute approximate surface area is 61.3 Å². The zero-order valence-electron chi connectivity index (χ0n) is 5.06. The lowest BCUT2D eigenvalue weighted by atomic mass is 11.0. The van der Waals surface area contributed by atoms with E-state index < -0.39 is 26.9 Å².